The van der Waals surface area contributed by atoms with E-state index in [9.17, 15) is 4.79 Å². The summed E-state index contributed by atoms with van der Waals surface area (Å²) < 4.78 is 29.6. The maximum atomic E-state index is 11.3. The highest BCUT2D eigenvalue weighted by molar-refractivity contribution is 5.87. The highest BCUT2D eigenvalue weighted by Crippen LogP contribution is 2.47. The monoisotopic (exact) mass is 298 g/mol. The minimum absolute atomic E-state index is 0.0777. The lowest BCUT2D eigenvalue weighted by atomic mass is 9.96. The van der Waals surface area contributed by atoms with Crippen molar-refractivity contribution in [1.29, 1.82) is 0 Å². The Morgan fingerprint density at radius 3 is 2.48 bits per heavy atom. The van der Waals surface area contributed by atoms with Crippen molar-refractivity contribution < 1.29 is 28.5 Å². The van der Waals surface area contributed by atoms with Gasteiger partial charge in [-0.3, -0.25) is 4.79 Å². The first-order valence-corrected chi connectivity index (χ1v) is 7.20. The van der Waals surface area contributed by atoms with Gasteiger partial charge in [-0.2, -0.15) is 0 Å². The van der Waals surface area contributed by atoms with Crippen LogP contribution >= 0.6 is 0 Å². The quantitative estimate of drug-likeness (QED) is 0.720. The molecule has 6 nitrogen and oxygen atoms in total. The third-order valence-corrected chi connectivity index (χ3v) is 3.76. The molecule has 3 rings (SSSR count). The van der Waals surface area contributed by atoms with Gasteiger partial charge in [0.05, 0.1) is 6.61 Å². The molecule has 0 radical (unpaired) electrons. The Morgan fingerprint density at radius 2 is 1.81 bits per heavy atom. The van der Waals surface area contributed by atoms with Crippen molar-refractivity contribution in [2.45, 2.75) is 70.3 Å². The standard InChI is InChI=1S/C15H22O6/c1-9(16)6-7-15-12(20-14(4,5)21-15)11-10(8-17-15)18-13(2,3)19-11/h6-7,10-12H,8H2,1-5H3/b7-6+/t10-,11-,12-,15-/m1/s1. The molecular formula is C15H22O6. The lowest BCUT2D eigenvalue weighted by Crippen LogP contribution is -2.57. The van der Waals surface area contributed by atoms with E-state index in [0.29, 0.717) is 6.61 Å². The summed E-state index contributed by atoms with van der Waals surface area (Å²) in [5, 5.41) is 0. The highest BCUT2D eigenvalue weighted by atomic mass is 16.9. The Bertz CT molecular complexity index is 483. The normalized spacial score (nSPS) is 43.8. The Morgan fingerprint density at radius 1 is 1.10 bits per heavy atom. The Hall–Kier alpha value is -0.790. The molecule has 0 bridgehead atoms. The van der Waals surface area contributed by atoms with Gasteiger partial charge < -0.3 is 23.7 Å². The van der Waals surface area contributed by atoms with Crippen molar-refractivity contribution in [3.63, 3.8) is 0 Å². The van der Waals surface area contributed by atoms with E-state index in [1.54, 1.807) is 6.08 Å². The second kappa shape index (κ2) is 4.60. The molecule has 6 heteroatoms. The minimum Gasteiger partial charge on any atom is -0.342 e. The van der Waals surface area contributed by atoms with Crippen molar-refractivity contribution in [3.05, 3.63) is 12.2 Å². The molecule has 3 fully saturated rings. The number of ketones is 1. The highest BCUT2D eigenvalue weighted by Gasteiger charge is 2.64. The van der Waals surface area contributed by atoms with Crippen molar-refractivity contribution >= 4 is 5.78 Å². The van der Waals surface area contributed by atoms with Gasteiger partial charge in [-0.15, -0.1) is 0 Å². The van der Waals surface area contributed by atoms with Gasteiger partial charge in [-0.05, 0) is 46.8 Å². The summed E-state index contributed by atoms with van der Waals surface area (Å²) in [5.41, 5.74) is 0. The molecule has 0 aromatic heterocycles. The average molecular weight is 298 g/mol. The van der Waals surface area contributed by atoms with E-state index in [1.807, 2.05) is 27.7 Å². The first-order valence-electron chi connectivity index (χ1n) is 7.20. The number of rotatable bonds is 2. The summed E-state index contributed by atoms with van der Waals surface area (Å²) in [5.74, 6) is -2.70. The lowest BCUT2D eigenvalue weighted by molar-refractivity contribution is -0.253. The summed E-state index contributed by atoms with van der Waals surface area (Å²) in [6, 6.07) is 0. The number of carbonyl (C=O) groups is 1. The predicted octanol–water partition coefficient (Wildman–Crippen LogP) is 1.53. The molecular weight excluding hydrogens is 276 g/mol. The first-order chi connectivity index (χ1) is 9.63. The van der Waals surface area contributed by atoms with Crippen LogP contribution in [0, 0.1) is 0 Å². The first kappa shape index (κ1) is 15.1. The van der Waals surface area contributed by atoms with Crippen LogP contribution in [0.25, 0.3) is 0 Å². The van der Waals surface area contributed by atoms with Gasteiger partial charge in [0.25, 0.3) is 0 Å². The van der Waals surface area contributed by atoms with Gasteiger partial charge >= 0.3 is 0 Å². The van der Waals surface area contributed by atoms with Crippen LogP contribution < -0.4 is 0 Å². The zero-order chi connectivity index (χ0) is 15.5. The Balaban J connectivity index is 1.93. The van der Waals surface area contributed by atoms with Gasteiger partial charge in [-0.25, -0.2) is 0 Å². The molecule has 0 aliphatic carbocycles. The van der Waals surface area contributed by atoms with Crippen molar-refractivity contribution in [3.8, 4) is 0 Å². The Labute approximate surface area is 124 Å². The van der Waals surface area contributed by atoms with Crippen LogP contribution in [0.1, 0.15) is 34.6 Å². The summed E-state index contributed by atoms with van der Waals surface area (Å²) in [4.78, 5) is 11.3. The maximum absolute atomic E-state index is 11.3. The smallest absolute Gasteiger partial charge is 0.220 e. The van der Waals surface area contributed by atoms with Gasteiger partial charge in [0.15, 0.2) is 17.4 Å². The average Bonchev–Trinajstić information content (AvgIpc) is 2.78. The van der Waals surface area contributed by atoms with Crippen molar-refractivity contribution in [1.82, 2.24) is 0 Å². The van der Waals surface area contributed by atoms with E-state index < -0.39 is 23.5 Å². The molecule has 0 aromatic rings. The minimum atomic E-state index is -1.11. The van der Waals surface area contributed by atoms with E-state index in [1.165, 1.54) is 13.0 Å². The molecule has 0 unspecified atom stereocenters. The van der Waals surface area contributed by atoms with E-state index >= 15 is 0 Å². The molecule has 3 saturated heterocycles. The van der Waals surface area contributed by atoms with Gasteiger partial charge in [0.1, 0.15) is 18.3 Å². The molecule has 0 aromatic carbocycles. The van der Waals surface area contributed by atoms with E-state index in [4.69, 9.17) is 23.7 Å². The molecule has 3 aliphatic heterocycles. The third kappa shape index (κ3) is 2.66. The molecule has 3 heterocycles. The summed E-state index contributed by atoms with van der Waals surface area (Å²) in [7, 11) is 0. The van der Waals surface area contributed by atoms with E-state index in [0.717, 1.165) is 0 Å². The SMILES string of the molecule is CC(=O)/C=C/[C@]12OC[C@H]3OC(C)(C)O[C@H]3[C@H]1OC(C)(C)O2. The topological polar surface area (TPSA) is 63.2 Å². The van der Waals surface area contributed by atoms with Crippen molar-refractivity contribution in [2.24, 2.45) is 0 Å². The molecule has 0 spiro atoms. The molecule has 0 saturated carbocycles. The Kier molecular flexibility index (Phi) is 3.31. The van der Waals surface area contributed by atoms with Crippen LogP contribution in [0.15, 0.2) is 12.2 Å². The fourth-order valence-electron chi connectivity index (χ4n) is 3.13. The fourth-order valence-corrected chi connectivity index (χ4v) is 3.13. The number of fused-ring (bicyclic) bond motifs is 3. The lowest BCUT2D eigenvalue weighted by Gasteiger charge is -2.38. The van der Waals surface area contributed by atoms with Crippen LogP contribution in [0.5, 0.6) is 0 Å². The number of hydrogen-bond acceptors (Lipinski definition) is 6. The van der Waals surface area contributed by atoms with Gasteiger partial charge in [-0.1, -0.05) is 0 Å². The van der Waals surface area contributed by atoms with Crippen LogP contribution in [0.2, 0.25) is 0 Å². The third-order valence-electron chi connectivity index (χ3n) is 3.76. The number of hydrogen-bond donors (Lipinski definition) is 0. The number of ether oxygens (including phenoxy) is 5. The largest absolute Gasteiger partial charge is 0.342 e. The van der Waals surface area contributed by atoms with E-state index in [2.05, 4.69) is 0 Å². The second-order valence-electron chi connectivity index (χ2n) is 6.66. The summed E-state index contributed by atoms with van der Waals surface area (Å²) in [6.45, 7) is 9.15. The molecule has 21 heavy (non-hydrogen) atoms. The second-order valence-corrected chi connectivity index (χ2v) is 6.66. The maximum Gasteiger partial charge on any atom is 0.220 e. The zero-order valence-electron chi connectivity index (χ0n) is 13.0. The van der Waals surface area contributed by atoms with Gasteiger partial charge in [0, 0.05) is 0 Å². The molecule has 3 aliphatic rings. The fraction of sp³-hybridized carbons (Fsp3) is 0.800. The molecule has 0 amide bonds. The molecule has 118 valence electrons. The summed E-state index contributed by atoms with van der Waals surface area (Å²) >= 11 is 0. The van der Waals surface area contributed by atoms with Crippen LogP contribution in [-0.4, -0.2) is 48.1 Å². The van der Waals surface area contributed by atoms with Crippen LogP contribution in [-0.2, 0) is 28.5 Å². The molecule has 0 N–H and O–H groups in total. The van der Waals surface area contributed by atoms with Crippen LogP contribution in [0.4, 0.5) is 0 Å². The predicted molar refractivity (Wildman–Crippen MR) is 72.4 cm³/mol. The summed E-state index contributed by atoms with van der Waals surface area (Å²) in [6.07, 6.45) is 2.08. The molecule has 4 atom stereocenters. The van der Waals surface area contributed by atoms with Gasteiger partial charge in [0.2, 0.25) is 5.79 Å². The zero-order valence-corrected chi connectivity index (χ0v) is 13.0. The van der Waals surface area contributed by atoms with Crippen LogP contribution in [0.3, 0.4) is 0 Å². The number of allylic oxidation sites excluding steroid dienone is 1. The number of carbonyl (C=O) groups excluding carboxylic acids is 1. The van der Waals surface area contributed by atoms with E-state index in [-0.39, 0.29) is 18.0 Å². The van der Waals surface area contributed by atoms with Crippen molar-refractivity contribution in [2.75, 3.05) is 6.61 Å².